The van der Waals surface area contributed by atoms with E-state index in [2.05, 4.69) is 20.8 Å². The third-order valence-electron chi connectivity index (χ3n) is 3.21. The van der Waals surface area contributed by atoms with Crippen LogP contribution in [0.3, 0.4) is 0 Å². The molecular formula is C13H21F. The SMILES string of the molecule is CCC(C)CC1=C(C)C[C@@H](C)C(F)=C1. The fourth-order valence-corrected chi connectivity index (χ4v) is 1.87. The Bertz CT molecular complexity index is 260. The first kappa shape index (κ1) is 11.5. The lowest BCUT2D eigenvalue weighted by molar-refractivity contribution is 0.471. The van der Waals surface area contributed by atoms with Crippen LogP contribution >= 0.6 is 0 Å². The Morgan fingerprint density at radius 1 is 1.57 bits per heavy atom. The summed E-state index contributed by atoms with van der Waals surface area (Å²) in [5.41, 5.74) is 2.61. The highest BCUT2D eigenvalue weighted by molar-refractivity contribution is 5.32. The van der Waals surface area contributed by atoms with Crippen LogP contribution in [0.15, 0.2) is 23.0 Å². The summed E-state index contributed by atoms with van der Waals surface area (Å²) in [6, 6.07) is 0. The van der Waals surface area contributed by atoms with E-state index in [4.69, 9.17) is 0 Å². The molecule has 2 atom stereocenters. The van der Waals surface area contributed by atoms with Gasteiger partial charge in [-0.25, -0.2) is 4.39 Å². The largest absolute Gasteiger partial charge is 0.212 e. The first-order valence-corrected chi connectivity index (χ1v) is 5.60. The molecule has 0 amide bonds. The predicted molar refractivity (Wildman–Crippen MR) is 59.7 cm³/mol. The van der Waals surface area contributed by atoms with Crippen LogP contribution < -0.4 is 0 Å². The minimum Gasteiger partial charge on any atom is -0.212 e. The zero-order valence-electron chi connectivity index (χ0n) is 9.73. The fraction of sp³-hybridized carbons (Fsp3) is 0.692. The van der Waals surface area contributed by atoms with Gasteiger partial charge < -0.3 is 0 Å². The van der Waals surface area contributed by atoms with Crippen LogP contribution in [0.25, 0.3) is 0 Å². The van der Waals surface area contributed by atoms with E-state index in [1.165, 1.54) is 17.6 Å². The Morgan fingerprint density at radius 2 is 2.21 bits per heavy atom. The van der Waals surface area contributed by atoms with E-state index in [1.54, 1.807) is 6.08 Å². The molecule has 1 aliphatic carbocycles. The van der Waals surface area contributed by atoms with Crippen LogP contribution in [0.4, 0.5) is 4.39 Å². The Balaban J connectivity index is 2.73. The third kappa shape index (κ3) is 2.70. The van der Waals surface area contributed by atoms with Gasteiger partial charge in [0.1, 0.15) is 5.83 Å². The molecule has 14 heavy (non-hydrogen) atoms. The van der Waals surface area contributed by atoms with Crippen LogP contribution in [0.2, 0.25) is 0 Å². The van der Waals surface area contributed by atoms with Gasteiger partial charge in [0.25, 0.3) is 0 Å². The molecule has 1 aliphatic rings. The molecule has 80 valence electrons. The van der Waals surface area contributed by atoms with Gasteiger partial charge in [0.15, 0.2) is 0 Å². The van der Waals surface area contributed by atoms with Crippen LogP contribution in [0.1, 0.15) is 47.0 Å². The van der Waals surface area contributed by atoms with Crippen molar-refractivity contribution >= 4 is 0 Å². The average molecular weight is 196 g/mol. The highest BCUT2D eigenvalue weighted by Crippen LogP contribution is 2.32. The standard InChI is InChI=1S/C13H21F/c1-5-9(2)6-12-8-13(14)11(4)7-10(12)3/h8-9,11H,5-7H2,1-4H3/t9?,11-/m1/s1. The highest BCUT2D eigenvalue weighted by Gasteiger charge is 2.18. The number of allylic oxidation sites excluding steroid dienone is 4. The van der Waals surface area contributed by atoms with Crippen LogP contribution in [-0.2, 0) is 0 Å². The molecule has 0 aromatic heterocycles. The monoisotopic (exact) mass is 196 g/mol. The van der Waals surface area contributed by atoms with Gasteiger partial charge in [-0.15, -0.1) is 0 Å². The molecule has 1 unspecified atom stereocenters. The molecule has 0 heterocycles. The van der Waals surface area contributed by atoms with E-state index in [0.29, 0.717) is 5.92 Å². The number of hydrogen-bond acceptors (Lipinski definition) is 0. The van der Waals surface area contributed by atoms with Crippen molar-refractivity contribution in [1.29, 1.82) is 0 Å². The minimum atomic E-state index is 0.0638. The molecule has 1 heteroatoms. The van der Waals surface area contributed by atoms with E-state index in [-0.39, 0.29) is 11.7 Å². The summed E-state index contributed by atoms with van der Waals surface area (Å²) >= 11 is 0. The van der Waals surface area contributed by atoms with Gasteiger partial charge in [0.2, 0.25) is 0 Å². The van der Waals surface area contributed by atoms with Crippen molar-refractivity contribution in [3.63, 3.8) is 0 Å². The summed E-state index contributed by atoms with van der Waals surface area (Å²) in [6.07, 6.45) is 4.86. The van der Waals surface area contributed by atoms with E-state index in [9.17, 15) is 4.39 Å². The second-order valence-electron chi connectivity index (χ2n) is 4.66. The molecular weight excluding hydrogens is 175 g/mol. The van der Waals surface area contributed by atoms with Crippen LogP contribution in [-0.4, -0.2) is 0 Å². The van der Waals surface area contributed by atoms with Gasteiger partial charge in [-0.2, -0.15) is 0 Å². The summed E-state index contributed by atoms with van der Waals surface area (Å²) in [5, 5.41) is 0. The molecule has 1 rings (SSSR count). The quantitative estimate of drug-likeness (QED) is 0.617. The van der Waals surface area contributed by atoms with Gasteiger partial charge in [-0.05, 0) is 37.3 Å². The molecule has 0 fully saturated rings. The van der Waals surface area contributed by atoms with Crippen molar-refractivity contribution in [2.75, 3.05) is 0 Å². The van der Waals surface area contributed by atoms with Crippen LogP contribution in [0.5, 0.6) is 0 Å². The third-order valence-corrected chi connectivity index (χ3v) is 3.21. The number of halogens is 1. The minimum absolute atomic E-state index is 0.0638. The fourth-order valence-electron chi connectivity index (χ4n) is 1.87. The van der Waals surface area contributed by atoms with E-state index in [0.717, 1.165) is 12.8 Å². The first-order chi connectivity index (χ1) is 6.54. The second kappa shape index (κ2) is 4.77. The summed E-state index contributed by atoms with van der Waals surface area (Å²) < 4.78 is 13.4. The van der Waals surface area contributed by atoms with Gasteiger partial charge in [0, 0.05) is 5.92 Å². The molecule has 0 N–H and O–H groups in total. The lowest BCUT2D eigenvalue weighted by Gasteiger charge is -2.21. The smallest absolute Gasteiger partial charge is 0.103 e. The summed E-state index contributed by atoms with van der Waals surface area (Å²) in [5.74, 6) is 0.821. The van der Waals surface area contributed by atoms with E-state index >= 15 is 0 Å². The Labute approximate surface area is 86.9 Å². The predicted octanol–water partition coefficient (Wildman–Crippen LogP) is 4.63. The van der Waals surface area contributed by atoms with Crippen LogP contribution in [0, 0.1) is 11.8 Å². The Kier molecular flexibility index (Phi) is 3.91. The van der Waals surface area contributed by atoms with E-state index in [1.807, 2.05) is 6.92 Å². The molecule has 0 saturated carbocycles. The highest BCUT2D eigenvalue weighted by atomic mass is 19.1. The maximum absolute atomic E-state index is 13.4. The zero-order chi connectivity index (χ0) is 10.7. The first-order valence-electron chi connectivity index (χ1n) is 5.60. The maximum Gasteiger partial charge on any atom is 0.103 e. The van der Waals surface area contributed by atoms with Crippen molar-refractivity contribution in [2.45, 2.75) is 47.0 Å². The number of hydrogen-bond donors (Lipinski definition) is 0. The topological polar surface area (TPSA) is 0 Å². The van der Waals surface area contributed by atoms with Gasteiger partial charge >= 0.3 is 0 Å². The average Bonchev–Trinajstić information content (AvgIpc) is 2.14. The van der Waals surface area contributed by atoms with Crippen molar-refractivity contribution < 1.29 is 4.39 Å². The maximum atomic E-state index is 13.4. The van der Waals surface area contributed by atoms with Gasteiger partial charge in [0.05, 0.1) is 0 Å². The Hall–Kier alpha value is -0.590. The lowest BCUT2D eigenvalue weighted by atomic mass is 9.86. The molecule has 0 radical (unpaired) electrons. The molecule has 0 saturated heterocycles. The normalized spacial score (nSPS) is 24.9. The summed E-state index contributed by atoms with van der Waals surface area (Å²) in [6.45, 7) is 8.50. The van der Waals surface area contributed by atoms with Crippen molar-refractivity contribution in [3.05, 3.63) is 23.0 Å². The molecule has 0 bridgehead atoms. The molecule has 0 nitrogen and oxygen atoms in total. The number of rotatable bonds is 3. The lowest BCUT2D eigenvalue weighted by Crippen LogP contribution is -2.06. The molecule has 0 aliphatic heterocycles. The summed E-state index contributed by atoms with van der Waals surface area (Å²) in [7, 11) is 0. The molecule has 0 aromatic carbocycles. The van der Waals surface area contributed by atoms with Crippen molar-refractivity contribution in [2.24, 2.45) is 11.8 Å². The Morgan fingerprint density at radius 3 is 2.79 bits per heavy atom. The zero-order valence-corrected chi connectivity index (χ0v) is 9.73. The molecule has 0 spiro atoms. The van der Waals surface area contributed by atoms with Gasteiger partial charge in [-0.1, -0.05) is 32.8 Å². The van der Waals surface area contributed by atoms with E-state index < -0.39 is 0 Å². The second-order valence-corrected chi connectivity index (χ2v) is 4.66. The van der Waals surface area contributed by atoms with Crippen molar-refractivity contribution in [3.8, 4) is 0 Å². The summed E-state index contributed by atoms with van der Waals surface area (Å²) in [4.78, 5) is 0. The molecule has 0 aromatic rings. The van der Waals surface area contributed by atoms with Gasteiger partial charge in [-0.3, -0.25) is 0 Å². The van der Waals surface area contributed by atoms with Crippen molar-refractivity contribution in [1.82, 2.24) is 0 Å².